The van der Waals surface area contributed by atoms with Gasteiger partial charge in [-0.05, 0) is 90.6 Å². The van der Waals surface area contributed by atoms with Gasteiger partial charge in [0, 0.05) is 0 Å². The van der Waals surface area contributed by atoms with Crippen LogP contribution in [0.3, 0.4) is 0 Å². The van der Waals surface area contributed by atoms with Gasteiger partial charge < -0.3 is 9.47 Å². The Labute approximate surface area is 146 Å². The quantitative estimate of drug-likeness (QED) is 0.640. The second-order valence-electron chi connectivity index (χ2n) is 6.62. The summed E-state index contributed by atoms with van der Waals surface area (Å²) in [5.74, 6) is 1.36. The van der Waals surface area contributed by atoms with E-state index < -0.39 is 0 Å². The minimum Gasteiger partial charge on any atom is -0.489 e. The van der Waals surface area contributed by atoms with Gasteiger partial charge in [-0.2, -0.15) is 0 Å². The first kappa shape index (κ1) is 16.8. The Bertz CT molecular complexity index is 560. The average molecular weight is 381 g/mol. The van der Waals surface area contributed by atoms with Crippen molar-refractivity contribution < 1.29 is 14.3 Å². The maximum atomic E-state index is 11.9. The molecule has 23 heavy (non-hydrogen) atoms. The smallest absolute Gasteiger partial charge is 0.310 e. The molecule has 1 aromatic rings. The van der Waals surface area contributed by atoms with E-state index in [4.69, 9.17) is 9.47 Å². The molecular weight excluding hydrogens is 356 g/mol. The molecule has 0 amide bonds. The maximum absolute atomic E-state index is 11.9. The van der Waals surface area contributed by atoms with E-state index >= 15 is 0 Å². The highest BCUT2D eigenvalue weighted by Crippen LogP contribution is 2.42. The minimum atomic E-state index is -0.149. The van der Waals surface area contributed by atoms with E-state index in [0.29, 0.717) is 25.0 Å². The van der Waals surface area contributed by atoms with E-state index in [0.717, 1.165) is 28.6 Å². The van der Waals surface area contributed by atoms with Gasteiger partial charge in [-0.3, -0.25) is 4.79 Å². The van der Waals surface area contributed by atoms with Crippen LogP contribution in [0.5, 0.6) is 5.75 Å². The summed E-state index contributed by atoms with van der Waals surface area (Å²) < 4.78 is 12.3. The van der Waals surface area contributed by atoms with Gasteiger partial charge in [-0.25, -0.2) is 0 Å². The van der Waals surface area contributed by atoms with Crippen molar-refractivity contribution in [2.75, 3.05) is 6.61 Å². The molecule has 0 aliphatic heterocycles. The van der Waals surface area contributed by atoms with Crippen LogP contribution in [0, 0.1) is 0 Å². The Morgan fingerprint density at radius 3 is 2.52 bits per heavy atom. The van der Waals surface area contributed by atoms with Crippen molar-refractivity contribution in [1.29, 1.82) is 0 Å². The van der Waals surface area contributed by atoms with Gasteiger partial charge >= 0.3 is 5.97 Å². The number of ether oxygens (including phenoxy) is 2. The molecule has 4 heteroatoms. The highest BCUT2D eigenvalue weighted by Gasteiger charge is 2.26. The van der Waals surface area contributed by atoms with Crippen LogP contribution >= 0.6 is 15.9 Å². The van der Waals surface area contributed by atoms with Gasteiger partial charge in [0.05, 0.1) is 23.6 Å². The molecule has 0 spiro atoms. The van der Waals surface area contributed by atoms with Crippen molar-refractivity contribution in [1.82, 2.24) is 0 Å². The van der Waals surface area contributed by atoms with E-state index in [1.165, 1.54) is 37.7 Å². The minimum absolute atomic E-state index is 0.149. The third-order valence-electron chi connectivity index (χ3n) is 4.97. The van der Waals surface area contributed by atoms with Gasteiger partial charge in [0.25, 0.3) is 0 Å². The molecule has 2 fully saturated rings. The van der Waals surface area contributed by atoms with Gasteiger partial charge in [0.15, 0.2) is 0 Å². The molecule has 126 valence electrons. The second-order valence-corrected chi connectivity index (χ2v) is 7.47. The Hall–Kier alpha value is -1.03. The zero-order valence-electron chi connectivity index (χ0n) is 13.8. The third-order valence-corrected chi connectivity index (χ3v) is 5.59. The molecule has 0 atom stereocenters. The number of benzene rings is 1. The summed E-state index contributed by atoms with van der Waals surface area (Å²) in [6.45, 7) is 2.28. The number of halogens is 1. The summed E-state index contributed by atoms with van der Waals surface area (Å²) in [6.07, 6.45) is 9.21. The number of carbonyl (C=O) groups excluding carboxylic acids is 1. The summed E-state index contributed by atoms with van der Waals surface area (Å²) in [4.78, 5) is 11.9. The van der Waals surface area contributed by atoms with Crippen LogP contribution in [-0.2, 0) is 16.0 Å². The standard InChI is InChI=1S/C19H25BrO3/c1-2-22-19(21)11-14-10-17(20)18(23-15-8-3-4-9-15)12-16(14)13-6-5-7-13/h10,12-13,15H,2-9,11H2,1H3. The zero-order valence-corrected chi connectivity index (χ0v) is 15.4. The van der Waals surface area contributed by atoms with Crippen LogP contribution in [0.4, 0.5) is 0 Å². The Morgan fingerprint density at radius 2 is 1.91 bits per heavy atom. The first-order valence-corrected chi connectivity index (χ1v) is 9.61. The molecule has 0 N–H and O–H groups in total. The molecule has 2 aliphatic rings. The van der Waals surface area contributed by atoms with Crippen molar-refractivity contribution in [2.24, 2.45) is 0 Å². The number of esters is 1. The number of carbonyl (C=O) groups is 1. The first-order chi connectivity index (χ1) is 11.2. The fourth-order valence-electron chi connectivity index (χ4n) is 3.51. The van der Waals surface area contributed by atoms with E-state index in [1.54, 1.807) is 0 Å². The van der Waals surface area contributed by atoms with E-state index in [9.17, 15) is 4.79 Å². The van der Waals surface area contributed by atoms with Crippen molar-refractivity contribution in [3.05, 3.63) is 27.7 Å². The van der Waals surface area contributed by atoms with Gasteiger partial charge in [-0.1, -0.05) is 6.42 Å². The Morgan fingerprint density at radius 1 is 1.17 bits per heavy atom. The molecule has 0 heterocycles. The van der Waals surface area contributed by atoms with Crippen molar-refractivity contribution in [3.8, 4) is 5.75 Å². The molecule has 2 aliphatic carbocycles. The van der Waals surface area contributed by atoms with Gasteiger partial charge in [-0.15, -0.1) is 0 Å². The molecule has 0 aromatic heterocycles. The first-order valence-electron chi connectivity index (χ1n) is 8.82. The summed E-state index contributed by atoms with van der Waals surface area (Å²) >= 11 is 3.63. The molecule has 2 saturated carbocycles. The number of rotatable bonds is 6. The van der Waals surface area contributed by atoms with Crippen molar-refractivity contribution in [3.63, 3.8) is 0 Å². The highest BCUT2D eigenvalue weighted by atomic mass is 79.9. The lowest BCUT2D eigenvalue weighted by Gasteiger charge is -2.29. The molecule has 3 nitrogen and oxygen atoms in total. The molecular formula is C19H25BrO3. The summed E-state index contributed by atoms with van der Waals surface area (Å²) in [6, 6.07) is 4.23. The largest absolute Gasteiger partial charge is 0.489 e. The van der Waals surface area contributed by atoms with Gasteiger partial charge in [0.1, 0.15) is 5.75 Å². The number of hydrogen-bond acceptors (Lipinski definition) is 3. The van der Waals surface area contributed by atoms with E-state index in [-0.39, 0.29) is 5.97 Å². The molecule has 3 rings (SSSR count). The lowest BCUT2D eigenvalue weighted by Crippen LogP contribution is -2.16. The summed E-state index contributed by atoms with van der Waals surface area (Å²) in [5, 5.41) is 0. The van der Waals surface area contributed by atoms with Crippen LogP contribution < -0.4 is 4.74 Å². The normalized spacial score (nSPS) is 18.7. The van der Waals surface area contributed by atoms with Gasteiger partial charge in [0.2, 0.25) is 0 Å². The van der Waals surface area contributed by atoms with Crippen LogP contribution in [0.1, 0.15) is 68.9 Å². The lowest BCUT2D eigenvalue weighted by atomic mass is 9.77. The molecule has 0 bridgehead atoms. The monoisotopic (exact) mass is 380 g/mol. The van der Waals surface area contributed by atoms with E-state index in [1.807, 2.05) is 6.92 Å². The Kier molecular flexibility index (Phi) is 5.62. The fourth-order valence-corrected chi connectivity index (χ4v) is 3.99. The zero-order chi connectivity index (χ0) is 16.2. The summed E-state index contributed by atoms with van der Waals surface area (Å²) in [5.41, 5.74) is 2.36. The maximum Gasteiger partial charge on any atom is 0.310 e. The van der Waals surface area contributed by atoms with Crippen molar-refractivity contribution in [2.45, 2.75) is 70.3 Å². The second kappa shape index (κ2) is 7.69. The predicted octanol–water partition coefficient (Wildman–Crippen LogP) is 5.14. The van der Waals surface area contributed by atoms with Crippen LogP contribution in [0.25, 0.3) is 0 Å². The van der Waals surface area contributed by atoms with E-state index in [2.05, 4.69) is 28.1 Å². The Balaban J connectivity index is 1.83. The van der Waals surface area contributed by atoms with Crippen LogP contribution in [-0.4, -0.2) is 18.7 Å². The predicted molar refractivity (Wildman–Crippen MR) is 94.0 cm³/mol. The SMILES string of the molecule is CCOC(=O)Cc1cc(Br)c(OC2CCCC2)cc1C1CCC1. The summed E-state index contributed by atoms with van der Waals surface area (Å²) in [7, 11) is 0. The fraction of sp³-hybridized carbons (Fsp3) is 0.632. The molecule has 0 unspecified atom stereocenters. The topological polar surface area (TPSA) is 35.5 Å². The van der Waals surface area contributed by atoms with Crippen LogP contribution in [0.2, 0.25) is 0 Å². The molecule has 0 radical (unpaired) electrons. The third kappa shape index (κ3) is 4.09. The van der Waals surface area contributed by atoms with Crippen LogP contribution in [0.15, 0.2) is 16.6 Å². The lowest BCUT2D eigenvalue weighted by molar-refractivity contribution is -0.142. The average Bonchev–Trinajstić information content (AvgIpc) is 2.95. The highest BCUT2D eigenvalue weighted by molar-refractivity contribution is 9.10. The number of hydrogen-bond donors (Lipinski definition) is 0. The molecule has 0 saturated heterocycles. The molecule has 1 aromatic carbocycles. The van der Waals surface area contributed by atoms with Crippen molar-refractivity contribution >= 4 is 21.9 Å².